The highest BCUT2D eigenvalue weighted by molar-refractivity contribution is 5.93. The lowest BCUT2D eigenvalue weighted by Gasteiger charge is -2.19. The standard InChI is InChI=1S/C18H32N2O3/c1-3-4-5-6-7-8-9-10-11-12-13-20(15(2)21)16-14-17(22)19-18(16)23/h14,19,22-23H,3-13H2,1-2H3. The van der Waals surface area contributed by atoms with Gasteiger partial charge in [0.2, 0.25) is 11.8 Å². The van der Waals surface area contributed by atoms with E-state index in [2.05, 4.69) is 11.9 Å². The van der Waals surface area contributed by atoms with E-state index in [-0.39, 0.29) is 17.7 Å². The van der Waals surface area contributed by atoms with Gasteiger partial charge in [0.25, 0.3) is 0 Å². The molecule has 23 heavy (non-hydrogen) atoms. The predicted molar refractivity (Wildman–Crippen MR) is 94.0 cm³/mol. The van der Waals surface area contributed by atoms with E-state index in [1.165, 1.54) is 69.3 Å². The molecule has 0 bridgehead atoms. The zero-order valence-electron chi connectivity index (χ0n) is 14.6. The van der Waals surface area contributed by atoms with Crippen LogP contribution in [-0.4, -0.2) is 27.6 Å². The van der Waals surface area contributed by atoms with Gasteiger partial charge in [-0.1, -0.05) is 64.7 Å². The average Bonchev–Trinajstić information content (AvgIpc) is 2.83. The molecule has 0 fully saturated rings. The minimum atomic E-state index is -0.162. The summed E-state index contributed by atoms with van der Waals surface area (Å²) < 4.78 is 0. The smallest absolute Gasteiger partial charge is 0.224 e. The van der Waals surface area contributed by atoms with E-state index in [9.17, 15) is 15.0 Å². The number of aromatic hydroxyl groups is 2. The van der Waals surface area contributed by atoms with Crippen LogP contribution in [0.25, 0.3) is 0 Å². The third kappa shape index (κ3) is 7.44. The molecule has 0 saturated carbocycles. The molecule has 0 unspecified atom stereocenters. The van der Waals surface area contributed by atoms with Crippen molar-refractivity contribution in [1.29, 1.82) is 0 Å². The first kappa shape index (κ1) is 19.4. The molecule has 1 amide bonds. The molecule has 1 rings (SSSR count). The molecule has 132 valence electrons. The molecule has 0 saturated heterocycles. The summed E-state index contributed by atoms with van der Waals surface area (Å²) in [4.78, 5) is 15.6. The Kier molecular flexibility index (Phi) is 9.25. The van der Waals surface area contributed by atoms with Gasteiger partial charge in [-0.25, -0.2) is 0 Å². The van der Waals surface area contributed by atoms with Crippen molar-refractivity contribution < 1.29 is 15.0 Å². The molecular weight excluding hydrogens is 292 g/mol. The molecule has 0 spiro atoms. The molecule has 1 aromatic rings. The van der Waals surface area contributed by atoms with Crippen molar-refractivity contribution in [1.82, 2.24) is 4.98 Å². The van der Waals surface area contributed by atoms with E-state index < -0.39 is 0 Å². The number of H-pyrrole nitrogens is 1. The van der Waals surface area contributed by atoms with Gasteiger partial charge in [-0.15, -0.1) is 0 Å². The highest BCUT2D eigenvalue weighted by atomic mass is 16.3. The number of aromatic amines is 1. The maximum Gasteiger partial charge on any atom is 0.224 e. The van der Waals surface area contributed by atoms with Gasteiger partial charge in [-0.3, -0.25) is 9.78 Å². The van der Waals surface area contributed by atoms with Crippen LogP contribution in [0.15, 0.2) is 6.07 Å². The number of nitrogens with one attached hydrogen (secondary N) is 1. The zero-order valence-corrected chi connectivity index (χ0v) is 14.6. The summed E-state index contributed by atoms with van der Waals surface area (Å²) in [6, 6.07) is 1.38. The lowest BCUT2D eigenvalue weighted by atomic mass is 10.1. The van der Waals surface area contributed by atoms with Gasteiger partial charge >= 0.3 is 0 Å². The lowest BCUT2D eigenvalue weighted by molar-refractivity contribution is -0.116. The van der Waals surface area contributed by atoms with Gasteiger partial charge in [-0.2, -0.15) is 0 Å². The summed E-state index contributed by atoms with van der Waals surface area (Å²) in [6.45, 7) is 4.27. The van der Waals surface area contributed by atoms with Crippen molar-refractivity contribution in [3.8, 4) is 11.8 Å². The van der Waals surface area contributed by atoms with Gasteiger partial charge in [-0.05, 0) is 6.42 Å². The summed E-state index contributed by atoms with van der Waals surface area (Å²) in [5.74, 6) is -0.424. The number of carbonyl (C=O) groups is 1. The fourth-order valence-corrected chi connectivity index (χ4v) is 2.83. The van der Waals surface area contributed by atoms with Crippen LogP contribution >= 0.6 is 0 Å². The highest BCUT2D eigenvalue weighted by Gasteiger charge is 2.17. The molecule has 0 radical (unpaired) electrons. The van der Waals surface area contributed by atoms with E-state index in [1.54, 1.807) is 0 Å². The Morgan fingerprint density at radius 3 is 1.96 bits per heavy atom. The molecule has 0 atom stereocenters. The number of nitrogens with zero attached hydrogens (tertiary/aromatic N) is 1. The van der Waals surface area contributed by atoms with Crippen molar-refractivity contribution in [2.45, 2.75) is 78.1 Å². The van der Waals surface area contributed by atoms with Crippen LogP contribution in [0.2, 0.25) is 0 Å². The quantitative estimate of drug-likeness (QED) is 0.488. The number of carbonyl (C=O) groups excluding carboxylic acids is 1. The van der Waals surface area contributed by atoms with Crippen LogP contribution in [0.1, 0.15) is 78.1 Å². The normalized spacial score (nSPS) is 10.9. The van der Waals surface area contributed by atoms with Gasteiger partial charge in [0.05, 0.1) is 0 Å². The van der Waals surface area contributed by atoms with Crippen LogP contribution in [0, 0.1) is 0 Å². The molecule has 0 aromatic carbocycles. The number of hydrogen-bond acceptors (Lipinski definition) is 3. The van der Waals surface area contributed by atoms with Gasteiger partial charge in [0.15, 0.2) is 5.88 Å². The van der Waals surface area contributed by atoms with E-state index in [0.29, 0.717) is 12.2 Å². The topological polar surface area (TPSA) is 76.6 Å². The van der Waals surface area contributed by atoms with Crippen molar-refractivity contribution in [2.24, 2.45) is 0 Å². The third-order valence-electron chi connectivity index (χ3n) is 4.17. The number of amides is 1. The Labute approximate surface area is 139 Å². The third-order valence-corrected chi connectivity index (χ3v) is 4.17. The summed E-state index contributed by atoms with van der Waals surface area (Å²) in [5, 5.41) is 19.1. The van der Waals surface area contributed by atoms with Gasteiger partial charge in [0.1, 0.15) is 5.69 Å². The van der Waals surface area contributed by atoms with Crippen molar-refractivity contribution in [2.75, 3.05) is 11.4 Å². The number of hydrogen-bond donors (Lipinski definition) is 3. The first-order valence-corrected chi connectivity index (χ1v) is 8.95. The molecule has 0 aliphatic heterocycles. The minimum Gasteiger partial charge on any atom is -0.494 e. The van der Waals surface area contributed by atoms with Crippen LogP contribution in [0.4, 0.5) is 5.69 Å². The zero-order chi connectivity index (χ0) is 17.1. The fraction of sp³-hybridized carbons (Fsp3) is 0.722. The molecule has 0 aliphatic carbocycles. The molecule has 3 N–H and O–H groups in total. The molecular formula is C18H32N2O3. The minimum absolute atomic E-state index is 0.129. The first-order chi connectivity index (χ1) is 11.1. The SMILES string of the molecule is CCCCCCCCCCCCN(C(C)=O)c1cc(O)[nH]c1O. The maximum atomic E-state index is 11.7. The first-order valence-electron chi connectivity index (χ1n) is 8.95. The van der Waals surface area contributed by atoms with Crippen molar-refractivity contribution in [3.05, 3.63) is 6.07 Å². The summed E-state index contributed by atoms with van der Waals surface area (Å²) in [6.07, 6.45) is 12.4. The highest BCUT2D eigenvalue weighted by Crippen LogP contribution is 2.31. The Morgan fingerprint density at radius 2 is 1.52 bits per heavy atom. The molecule has 5 heteroatoms. The maximum absolute atomic E-state index is 11.7. The molecule has 1 heterocycles. The fourth-order valence-electron chi connectivity index (χ4n) is 2.83. The Hall–Kier alpha value is -1.65. The van der Waals surface area contributed by atoms with E-state index >= 15 is 0 Å². The summed E-state index contributed by atoms with van der Waals surface area (Å²) >= 11 is 0. The number of rotatable bonds is 12. The van der Waals surface area contributed by atoms with Crippen LogP contribution < -0.4 is 4.90 Å². The van der Waals surface area contributed by atoms with E-state index in [4.69, 9.17) is 0 Å². The van der Waals surface area contributed by atoms with Gasteiger partial charge in [0, 0.05) is 19.5 Å². The van der Waals surface area contributed by atoms with Crippen molar-refractivity contribution in [3.63, 3.8) is 0 Å². The number of aromatic nitrogens is 1. The second-order valence-electron chi connectivity index (χ2n) is 6.24. The average molecular weight is 324 g/mol. The second-order valence-corrected chi connectivity index (χ2v) is 6.24. The van der Waals surface area contributed by atoms with Crippen LogP contribution in [-0.2, 0) is 4.79 Å². The largest absolute Gasteiger partial charge is 0.494 e. The lowest BCUT2D eigenvalue weighted by Crippen LogP contribution is -2.29. The number of unbranched alkanes of at least 4 members (excludes halogenated alkanes) is 9. The second kappa shape index (κ2) is 11.0. The van der Waals surface area contributed by atoms with Crippen LogP contribution in [0.5, 0.6) is 11.8 Å². The Balaban J connectivity index is 2.17. The summed E-state index contributed by atoms with van der Waals surface area (Å²) in [7, 11) is 0. The Morgan fingerprint density at radius 1 is 1.00 bits per heavy atom. The summed E-state index contributed by atoms with van der Waals surface area (Å²) in [5.41, 5.74) is 0.353. The van der Waals surface area contributed by atoms with E-state index in [1.807, 2.05) is 0 Å². The van der Waals surface area contributed by atoms with Crippen molar-refractivity contribution >= 4 is 11.6 Å². The predicted octanol–water partition coefficient (Wildman–Crippen LogP) is 4.70. The Bertz CT molecular complexity index is 457. The van der Waals surface area contributed by atoms with Gasteiger partial charge < -0.3 is 15.1 Å². The van der Waals surface area contributed by atoms with E-state index in [0.717, 1.165) is 12.8 Å². The molecule has 0 aliphatic rings. The number of anilines is 1. The molecule has 1 aromatic heterocycles. The monoisotopic (exact) mass is 324 g/mol. The molecule has 5 nitrogen and oxygen atoms in total. The van der Waals surface area contributed by atoms with Crippen LogP contribution in [0.3, 0.4) is 0 Å².